The number of benzene rings is 3. The zero-order valence-corrected chi connectivity index (χ0v) is 17.9. The molecule has 0 bridgehead atoms. The monoisotopic (exact) mass is 443 g/mol. The van der Waals surface area contributed by atoms with Gasteiger partial charge in [-0.25, -0.2) is 0 Å². The van der Waals surface area contributed by atoms with Crippen molar-refractivity contribution >= 4 is 29.1 Å². The molecule has 6 nitrogen and oxygen atoms in total. The Hall–Kier alpha value is -3.71. The third-order valence-electron chi connectivity index (χ3n) is 5.83. The molecule has 7 heteroatoms. The van der Waals surface area contributed by atoms with Crippen molar-refractivity contribution in [2.24, 2.45) is 5.92 Å². The number of carbonyl (C=O) groups is 2. The molecule has 0 unspecified atom stereocenters. The lowest BCUT2D eigenvalue weighted by atomic mass is 9.87. The van der Waals surface area contributed by atoms with Crippen molar-refractivity contribution in [1.29, 1.82) is 0 Å². The van der Waals surface area contributed by atoms with Crippen molar-refractivity contribution in [3.63, 3.8) is 0 Å². The maximum absolute atomic E-state index is 13.2. The highest BCUT2D eigenvalue weighted by Gasteiger charge is 2.44. The molecule has 5 rings (SSSR count). The summed E-state index contributed by atoms with van der Waals surface area (Å²) in [4.78, 5) is 25.6. The molecule has 2 atom stereocenters. The van der Waals surface area contributed by atoms with Crippen LogP contribution in [-0.2, 0) is 9.59 Å². The summed E-state index contributed by atoms with van der Waals surface area (Å²) in [5.74, 6) is 0.385. The average Bonchev–Trinajstić information content (AvgIpc) is 3.62. The summed E-state index contributed by atoms with van der Waals surface area (Å²) in [5, 5.41) is 2.74. The van der Waals surface area contributed by atoms with Gasteiger partial charge in [-0.05, 0) is 42.3 Å². The molecule has 160 valence electrons. The number of amides is 2. The van der Waals surface area contributed by atoms with Gasteiger partial charge in [0, 0.05) is 17.0 Å². The number of rotatable bonds is 3. The number of hydrazine groups is 1. The molecule has 1 aliphatic carbocycles. The van der Waals surface area contributed by atoms with E-state index >= 15 is 0 Å². The van der Waals surface area contributed by atoms with Gasteiger partial charge in [0.05, 0.1) is 5.92 Å². The van der Waals surface area contributed by atoms with Crippen LogP contribution in [0.4, 0.5) is 0 Å². The van der Waals surface area contributed by atoms with Crippen molar-refractivity contribution < 1.29 is 14.3 Å². The van der Waals surface area contributed by atoms with Gasteiger partial charge in [0.1, 0.15) is 11.5 Å². The fourth-order valence-corrected chi connectivity index (χ4v) is 4.32. The maximum atomic E-state index is 13.2. The molecular weight excluding hydrogens is 422 g/mol. The predicted molar refractivity (Wildman–Crippen MR) is 124 cm³/mol. The first-order valence-electron chi connectivity index (χ1n) is 10.4. The van der Waals surface area contributed by atoms with E-state index in [-0.39, 0.29) is 28.8 Å². The van der Waals surface area contributed by atoms with E-state index in [9.17, 15) is 9.59 Å². The Morgan fingerprint density at radius 1 is 0.781 bits per heavy atom. The summed E-state index contributed by atoms with van der Waals surface area (Å²) in [6.07, 6.45) is 0.798. The molecule has 3 aromatic rings. The Morgan fingerprint density at radius 3 is 2.03 bits per heavy atom. The topological polar surface area (TPSA) is 79.5 Å². The molecule has 2 aliphatic rings. The van der Waals surface area contributed by atoms with Gasteiger partial charge in [0.25, 0.3) is 0 Å². The van der Waals surface area contributed by atoms with Gasteiger partial charge in [-0.1, -0.05) is 66.7 Å². The molecule has 1 aliphatic heterocycles. The molecule has 32 heavy (non-hydrogen) atoms. The molecule has 1 saturated carbocycles. The average molecular weight is 444 g/mol. The number of thiocarbonyl (C=S) groups is 1. The van der Waals surface area contributed by atoms with Crippen molar-refractivity contribution in [3.8, 4) is 11.5 Å². The van der Waals surface area contributed by atoms with E-state index in [4.69, 9.17) is 17.0 Å². The van der Waals surface area contributed by atoms with Crippen LogP contribution in [0.25, 0.3) is 0 Å². The summed E-state index contributed by atoms with van der Waals surface area (Å²) >= 11 is 5.26. The minimum absolute atomic E-state index is 0.0433. The lowest BCUT2D eigenvalue weighted by Gasteiger charge is -2.27. The van der Waals surface area contributed by atoms with Crippen LogP contribution in [0.5, 0.6) is 11.5 Å². The molecular formula is C25H21N3O3S. The minimum atomic E-state index is -0.572. The van der Waals surface area contributed by atoms with Crippen LogP contribution in [0, 0.1) is 5.92 Å². The van der Waals surface area contributed by atoms with Crippen LogP contribution in [0.1, 0.15) is 34.9 Å². The van der Waals surface area contributed by atoms with Crippen LogP contribution in [0.15, 0.2) is 78.9 Å². The first-order valence-corrected chi connectivity index (χ1v) is 10.8. The van der Waals surface area contributed by atoms with Crippen LogP contribution in [0.3, 0.4) is 0 Å². The van der Waals surface area contributed by atoms with E-state index in [0.717, 1.165) is 23.1 Å². The van der Waals surface area contributed by atoms with E-state index in [1.807, 2.05) is 78.9 Å². The molecule has 0 spiro atoms. The van der Waals surface area contributed by atoms with Crippen LogP contribution < -0.4 is 20.9 Å². The van der Waals surface area contributed by atoms with Crippen LogP contribution >= 0.6 is 12.2 Å². The Labute approximate surface area is 191 Å². The lowest BCUT2D eigenvalue weighted by molar-refractivity contribution is -0.123. The van der Waals surface area contributed by atoms with Gasteiger partial charge in [-0.15, -0.1) is 0 Å². The number of para-hydroxylation sites is 2. The largest absolute Gasteiger partial charge is 0.457 e. The van der Waals surface area contributed by atoms with Crippen molar-refractivity contribution in [2.45, 2.75) is 18.3 Å². The van der Waals surface area contributed by atoms with E-state index < -0.39 is 5.92 Å². The van der Waals surface area contributed by atoms with E-state index in [1.54, 1.807) is 0 Å². The molecule has 0 saturated heterocycles. The quantitative estimate of drug-likeness (QED) is 0.424. The van der Waals surface area contributed by atoms with Crippen molar-refractivity contribution in [3.05, 3.63) is 95.6 Å². The lowest BCUT2D eigenvalue weighted by Crippen LogP contribution is -2.50. The second-order valence-electron chi connectivity index (χ2n) is 7.90. The van der Waals surface area contributed by atoms with Gasteiger partial charge < -0.3 is 10.1 Å². The first-order chi connectivity index (χ1) is 15.6. The smallest absolute Gasteiger partial charge is 0.242 e. The highest BCUT2D eigenvalue weighted by Crippen LogP contribution is 2.47. The molecule has 1 fully saturated rings. The SMILES string of the molecule is O=C(NC(=S)NNC(=O)[C@@H]1C[C@@H]1c1ccccc1)C1c2ccccc2Oc2ccccc21. The maximum Gasteiger partial charge on any atom is 0.242 e. The highest BCUT2D eigenvalue weighted by molar-refractivity contribution is 7.80. The predicted octanol–water partition coefficient (Wildman–Crippen LogP) is 3.75. The van der Waals surface area contributed by atoms with E-state index in [1.165, 1.54) is 0 Å². The van der Waals surface area contributed by atoms with E-state index in [2.05, 4.69) is 16.2 Å². The second kappa shape index (κ2) is 8.43. The summed E-state index contributed by atoms with van der Waals surface area (Å²) in [6, 6.07) is 24.8. The molecule has 3 N–H and O–H groups in total. The van der Waals surface area contributed by atoms with Crippen molar-refractivity contribution in [1.82, 2.24) is 16.2 Å². The number of hydrogen-bond acceptors (Lipinski definition) is 4. The molecule has 1 heterocycles. The fourth-order valence-electron chi connectivity index (χ4n) is 4.17. The third-order valence-corrected chi connectivity index (χ3v) is 6.04. The number of nitrogens with one attached hydrogen (secondary N) is 3. The minimum Gasteiger partial charge on any atom is -0.457 e. The molecule has 0 aromatic heterocycles. The van der Waals surface area contributed by atoms with Gasteiger partial charge >= 0.3 is 0 Å². The molecule has 2 amide bonds. The Balaban J connectivity index is 1.21. The number of hydrogen-bond donors (Lipinski definition) is 3. The summed E-state index contributed by atoms with van der Waals surface area (Å²) in [5.41, 5.74) is 7.96. The number of carbonyl (C=O) groups excluding carboxylic acids is 2. The Morgan fingerprint density at radius 2 is 1.38 bits per heavy atom. The zero-order chi connectivity index (χ0) is 22.1. The molecule has 3 aromatic carbocycles. The number of fused-ring (bicyclic) bond motifs is 2. The summed E-state index contributed by atoms with van der Waals surface area (Å²) < 4.78 is 5.94. The van der Waals surface area contributed by atoms with Gasteiger partial charge in [0.15, 0.2) is 5.11 Å². The number of ether oxygens (including phenoxy) is 1. The van der Waals surface area contributed by atoms with Crippen LogP contribution in [-0.4, -0.2) is 16.9 Å². The zero-order valence-electron chi connectivity index (χ0n) is 17.1. The first kappa shape index (κ1) is 20.2. The standard InChI is InChI=1S/C25H21N3O3S/c29-23(19-14-18(19)15-8-2-1-3-9-15)27-28-25(32)26-24(30)22-16-10-4-6-12-20(16)31-21-13-7-5-11-17(21)22/h1-13,18-19,22H,14H2,(H,27,29)(H2,26,28,30,32)/t18-,19-/m1/s1. The Kier molecular flexibility index (Phi) is 5.33. The third kappa shape index (κ3) is 3.94. The normalized spacial score (nSPS) is 18.4. The Bertz CT molecular complexity index is 1150. The molecule has 0 radical (unpaired) electrons. The van der Waals surface area contributed by atoms with Gasteiger partial charge in [0.2, 0.25) is 11.8 Å². The second-order valence-corrected chi connectivity index (χ2v) is 8.31. The summed E-state index contributed by atoms with van der Waals surface area (Å²) in [6.45, 7) is 0. The van der Waals surface area contributed by atoms with Crippen molar-refractivity contribution in [2.75, 3.05) is 0 Å². The van der Waals surface area contributed by atoms with Gasteiger partial charge in [-0.2, -0.15) is 0 Å². The van der Waals surface area contributed by atoms with E-state index in [0.29, 0.717) is 11.5 Å². The summed E-state index contributed by atoms with van der Waals surface area (Å²) in [7, 11) is 0. The highest BCUT2D eigenvalue weighted by atomic mass is 32.1. The van der Waals surface area contributed by atoms with Gasteiger partial charge in [-0.3, -0.25) is 20.4 Å². The van der Waals surface area contributed by atoms with Crippen LogP contribution in [0.2, 0.25) is 0 Å². The fraction of sp³-hybridized carbons (Fsp3) is 0.160.